The van der Waals surface area contributed by atoms with Gasteiger partial charge in [0.2, 0.25) is 0 Å². The van der Waals surface area contributed by atoms with Gasteiger partial charge in [-0.25, -0.2) is 9.67 Å². The molecule has 5 rings (SSSR count). The number of aromatic nitrogens is 3. The van der Waals surface area contributed by atoms with Crippen molar-refractivity contribution in [2.75, 3.05) is 26.2 Å². The number of rotatable bonds is 4. The van der Waals surface area contributed by atoms with Crippen molar-refractivity contribution < 1.29 is 4.79 Å². The highest BCUT2D eigenvalue weighted by Gasteiger charge is 2.29. The third kappa shape index (κ3) is 3.85. The van der Waals surface area contributed by atoms with Crippen molar-refractivity contribution in [2.45, 2.75) is 51.6 Å². The Balaban J connectivity index is 1.47. The summed E-state index contributed by atoms with van der Waals surface area (Å²) in [5.41, 5.74) is 3.33. The number of fused-ring (bicyclic) bond motifs is 1. The van der Waals surface area contributed by atoms with Gasteiger partial charge in [-0.2, -0.15) is 5.10 Å². The highest BCUT2D eigenvalue weighted by atomic mass is 16.2. The zero-order chi connectivity index (χ0) is 21.4. The van der Waals surface area contributed by atoms with E-state index in [9.17, 15) is 4.79 Å². The SMILES string of the molecule is CC(C)n1ncc2c(C(=O)N3CCN(C4CCCC4)CC3)cc(-c3ccccc3)nc21. The van der Waals surface area contributed by atoms with Crippen LogP contribution in [0.15, 0.2) is 42.6 Å². The minimum absolute atomic E-state index is 0.0963. The van der Waals surface area contributed by atoms with Crippen LogP contribution in [0, 0.1) is 0 Å². The van der Waals surface area contributed by atoms with E-state index in [2.05, 4.69) is 23.8 Å². The van der Waals surface area contributed by atoms with E-state index < -0.39 is 0 Å². The fourth-order valence-electron chi connectivity index (χ4n) is 5.06. The normalized spacial score (nSPS) is 18.4. The lowest BCUT2D eigenvalue weighted by molar-refractivity contribution is 0.0575. The average Bonchev–Trinajstić information content (AvgIpc) is 3.49. The molecule has 0 atom stereocenters. The summed E-state index contributed by atoms with van der Waals surface area (Å²) in [6.45, 7) is 7.71. The molecule has 2 aromatic heterocycles. The second-order valence-corrected chi connectivity index (χ2v) is 9.11. The summed E-state index contributed by atoms with van der Waals surface area (Å²) < 4.78 is 1.91. The Bertz CT molecular complexity index is 1060. The van der Waals surface area contributed by atoms with Gasteiger partial charge in [0.1, 0.15) is 0 Å². The molecule has 1 saturated heterocycles. The van der Waals surface area contributed by atoms with Gasteiger partial charge in [0.15, 0.2) is 5.65 Å². The number of amides is 1. The molecule has 1 aliphatic carbocycles. The molecule has 6 nitrogen and oxygen atoms in total. The molecular weight excluding hydrogens is 386 g/mol. The lowest BCUT2D eigenvalue weighted by atomic mass is 10.1. The molecule has 6 heteroatoms. The maximum atomic E-state index is 13.6. The minimum atomic E-state index is 0.0963. The van der Waals surface area contributed by atoms with Gasteiger partial charge >= 0.3 is 0 Å². The van der Waals surface area contributed by atoms with Gasteiger partial charge in [-0.05, 0) is 32.8 Å². The van der Waals surface area contributed by atoms with E-state index in [0.29, 0.717) is 5.56 Å². The number of carbonyl (C=O) groups excluding carboxylic acids is 1. The van der Waals surface area contributed by atoms with Gasteiger partial charge in [-0.3, -0.25) is 9.69 Å². The van der Waals surface area contributed by atoms with Crippen LogP contribution in [0.1, 0.15) is 55.9 Å². The van der Waals surface area contributed by atoms with Crippen LogP contribution in [0.2, 0.25) is 0 Å². The topological polar surface area (TPSA) is 54.3 Å². The predicted molar refractivity (Wildman–Crippen MR) is 123 cm³/mol. The van der Waals surface area contributed by atoms with Crippen molar-refractivity contribution in [3.8, 4) is 11.3 Å². The zero-order valence-electron chi connectivity index (χ0n) is 18.5. The van der Waals surface area contributed by atoms with Gasteiger partial charge in [-0.1, -0.05) is 43.2 Å². The average molecular weight is 418 g/mol. The summed E-state index contributed by atoms with van der Waals surface area (Å²) in [7, 11) is 0. The van der Waals surface area contributed by atoms with Gasteiger partial charge in [0, 0.05) is 43.8 Å². The Morgan fingerprint density at radius 2 is 1.74 bits per heavy atom. The van der Waals surface area contributed by atoms with E-state index in [1.165, 1.54) is 25.7 Å². The molecule has 0 spiro atoms. The lowest BCUT2D eigenvalue weighted by Gasteiger charge is -2.38. The maximum absolute atomic E-state index is 13.6. The second-order valence-electron chi connectivity index (χ2n) is 9.11. The van der Waals surface area contributed by atoms with Gasteiger partial charge in [0.25, 0.3) is 5.91 Å². The van der Waals surface area contributed by atoms with Crippen LogP contribution in [-0.2, 0) is 0 Å². The molecule has 1 saturated carbocycles. The second kappa shape index (κ2) is 8.42. The number of hydrogen-bond acceptors (Lipinski definition) is 4. The summed E-state index contributed by atoms with van der Waals surface area (Å²) in [6, 6.07) is 12.9. The van der Waals surface area contributed by atoms with Crippen LogP contribution in [0.5, 0.6) is 0 Å². The lowest BCUT2D eigenvalue weighted by Crippen LogP contribution is -2.51. The molecule has 3 aromatic rings. The number of pyridine rings is 1. The van der Waals surface area contributed by atoms with Crippen molar-refractivity contribution in [3.63, 3.8) is 0 Å². The quantitative estimate of drug-likeness (QED) is 0.632. The van der Waals surface area contributed by atoms with Gasteiger partial charge in [0.05, 0.1) is 22.8 Å². The molecule has 1 aromatic carbocycles. The summed E-state index contributed by atoms with van der Waals surface area (Å²) in [5, 5.41) is 5.40. The molecule has 1 aliphatic heterocycles. The third-order valence-corrected chi connectivity index (χ3v) is 6.80. The Hall–Kier alpha value is -2.73. The van der Waals surface area contributed by atoms with Crippen molar-refractivity contribution in [2.24, 2.45) is 0 Å². The first-order valence-electron chi connectivity index (χ1n) is 11.6. The minimum Gasteiger partial charge on any atom is -0.336 e. The van der Waals surface area contributed by atoms with Crippen molar-refractivity contribution in [3.05, 3.63) is 48.2 Å². The molecule has 0 bridgehead atoms. The fourth-order valence-corrected chi connectivity index (χ4v) is 5.06. The van der Waals surface area contributed by atoms with Crippen LogP contribution < -0.4 is 0 Å². The standard InChI is InChI=1S/C25H31N5O/c1-18(2)30-24-22(17-26-30)21(16-23(27-24)19-8-4-3-5-9-19)25(31)29-14-12-28(13-15-29)20-10-6-7-11-20/h3-5,8-9,16-18,20H,6-7,10-15H2,1-2H3. The number of carbonyl (C=O) groups is 1. The van der Waals surface area contributed by atoms with Crippen LogP contribution in [-0.4, -0.2) is 62.7 Å². The van der Waals surface area contributed by atoms with E-state index in [1.54, 1.807) is 6.20 Å². The smallest absolute Gasteiger partial charge is 0.254 e. The van der Waals surface area contributed by atoms with Gasteiger partial charge in [-0.15, -0.1) is 0 Å². The first kappa shape index (κ1) is 20.2. The molecule has 162 valence electrons. The number of piperazine rings is 1. The van der Waals surface area contributed by atoms with E-state index in [1.807, 2.05) is 46.0 Å². The van der Waals surface area contributed by atoms with Crippen LogP contribution in [0.4, 0.5) is 0 Å². The fraction of sp³-hybridized carbons (Fsp3) is 0.480. The first-order chi connectivity index (χ1) is 15.1. The molecule has 2 fully saturated rings. The summed E-state index contributed by atoms with van der Waals surface area (Å²) in [6.07, 6.45) is 7.13. The van der Waals surface area contributed by atoms with Gasteiger partial charge < -0.3 is 4.90 Å². The molecule has 2 aliphatic rings. The Morgan fingerprint density at radius 1 is 1.03 bits per heavy atom. The van der Waals surface area contributed by atoms with Crippen LogP contribution in [0.25, 0.3) is 22.3 Å². The van der Waals surface area contributed by atoms with E-state index >= 15 is 0 Å². The summed E-state index contributed by atoms with van der Waals surface area (Å²) in [4.78, 5) is 23.2. The highest BCUT2D eigenvalue weighted by molar-refractivity contribution is 6.06. The molecule has 0 radical (unpaired) electrons. The number of hydrogen-bond donors (Lipinski definition) is 0. The van der Waals surface area contributed by atoms with E-state index in [0.717, 1.165) is 54.5 Å². The van der Waals surface area contributed by atoms with Crippen LogP contribution >= 0.6 is 0 Å². The third-order valence-electron chi connectivity index (χ3n) is 6.80. The first-order valence-corrected chi connectivity index (χ1v) is 11.6. The monoisotopic (exact) mass is 417 g/mol. The Labute approximate surface area is 183 Å². The molecule has 0 unspecified atom stereocenters. The Kier molecular flexibility index (Phi) is 5.48. The van der Waals surface area contributed by atoms with Crippen molar-refractivity contribution in [1.82, 2.24) is 24.6 Å². The molecule has 1 amide bonds. The van der Waals surface area contributed by atoms with Crippen molar-refractivity contribution >= 4 is 16.9 Å². The molecule has 0 N–H and O–H groups in total. The number of benzene rings is 1. The Morgan fingerprint density at radius 3 is 2.42 bits per heavy atom. The highest BCUT2D eigenvalue weighted by Crippen LogP contribution is 2.28. The van der Waals surface area contributed by atoms with E-state index in [-0.39, 0.29) is 11.9 Å². The van der Waals surface area contributed by atoms with Crippen LogP contribution in [0.3, 0.4) is 0 Å². The van der Waals surface area contributed by atoms with Crippen molar-refractivity contribution in [1.29, 1.82) is 0 Å². The predicted octanol–water partition coefficient (Wildman–Crippen LogP) is 4.38. The largest absolute Gasteiger partial charge is 0.336 e. The van der Waals surface area contributed by atoms with E-state index in [4.69, 9.17) is 4.98 Å². The molecule has 31 heavy (non-hydrogen) atoms. The summed E-state index contributed by atoms with van der Waals surface area (Å²) in [5.74, 6) is 0.0963. The maximum Gasteiger partial charge on any atom is 0.254 e. The summed E-state index contributed by atoms with van der Waals surface area (Å²) >= 11 is 0. The zero-order valence-corrected chi connectivity index (χ0v) is 18.5. The molecule has 3 heterocycles. The molecular formula is C25H31N5O. The number of nitrogens with zero attached hydrogens (tertiary/aromatic N) is 5.